The lowest BCUT2D eigenvalue weighted by Crippen LogP contribution is -2.38. The van der Waals surface area contributed by atoms with Crippen LogP contribution in [0.25, 0.3) is 0 Å². The Hall–Kier alpha value is -0.910. The number of hydrogen-bond donors (Lipinski definition) is 1. The summed E-state index contributed by atoms with van der Waals surface area (Å²) in [6.07, 6.45) is 0.845. The van der Waals surface area contributed by atoms with Crippen molar-refractivity contribution < 1.29 is 13.2 Å². The van der Waals surface area contributed by atoms with Crippen LogP contribution in [0.3, 0.4) is 0 Å². The minimum absolute atomic E-state index is 0.0220. The molecule has 98 valence electrons. The molecule has 1 fully saturated rings. The molecule has 0 amide bonds. The quantitative estimate of drug-likeness (QED) is 0.865. The van der Waals surface area contributed by atoms with Gasteiger partial charge in [-0.15, -0.1) is 0 Å². The van der Waals surface area contributed by atoms with Gasteiger partial charge in [0.15, 0.2) is 9.84 Å². The zero-order valence-corrected chi connectivity index (χ0v) is 10.9. The van der Waals surface area contributed by atoms with E-state index in [4.69, 9.17) is 10.5 Å². The third kappa shape index (κ3) is 1.61. The van der Waals surface area contributed by atoms with Crippen molar-refractivity contribution in [1.82, 2.24) is 0 Å². The number of ether oxygens (including phenoxy) is 1. The summed E-state index contributed by atoms with van der Waals surface area (Å²) in [5.74, 6) is 0.151. The SMILES string of the molecule is NCC1(C2CS(=O)(=O)c3ccccc32)CCOC1. The van der Waals surface area contributed by atoms with Crippen LogP contribution in [0.5, 0.6) is 0 Å². The summed E-state index contributed by atoms with van der Waals surface area (Å²) in [5, 5.41) is 0. The molecule has 0 radical (unpaired) electrons. The van der Waals surface area contributed by atoms with E-state index in [1.54, 1.807) is 12.1 Å². The van der Waals surface area contributed by atoms with E-state index >= 15 is 0 Å². The minimum Gasteiger partial charge on any atom is -0.381 e. The van der Waals surface area contributed by atoms with Crippen molar-refractivity contribution in [2.24, 2.45) is 11.1 Å². The first-order valence-electron chi connectivity index (χ1n) is 6.19. The standard InChI is InChI=1S/C13H17NO3S/c14-8-13(5-6-17-9-13)11-7-18(15,16)12-4-2-1-3-10(11)12/h1-4,11H,5-9,14H2. The third-order valence-corrected chi connectivity index (χ3v) is 6.11. The maximum Gasteiger partial charge on any atom is 0.179 e. The molecule has 18 heavy (non-hydrogen) atoms. The Morgan fingerprint density at radius 1 is 1.39 bits per heavy atom. The summed E-state index contributed by atoms with van der Waals surface area (Å²) in [6.45, 7) is 1.72. The second kappa shape index (κ2) is 4.05. The van der Waals surface area contributed by atoms with Gasteiger partial charge in [0.05, 0.1) is 17.3 Å². The lowest BCUT2D eigenvalue weighted by Gasteiger charge is -2.32. The number of hydrogen-bond acceptors (Lipinski definition) is 4. The van der Waals surface area contributed by atoms with Crippen molar-refractivity contribution in [2.45, 2.75) is 17.2 Å². The van der Waals surface area contributed by atoms with Gasteiger partial charge in [-0.25, -0.2) is 8.42 Å². The monoisotopic (exact) mass is 267 g/mol. The van der Waals surface area contributed by atoms with E-state index in [2.05, 4.69) is 0 Å². The Labute approximate surface area is 107 Å². The number of fused-ring (bicyclic) bond motifs is 1. The van der Waals surface area contributed by atoms with Crippen LogP contribution in [0.4, 0.5) is 0 Å². The first-order valence-corrected chi connectivity index (χ1v) is 7.84. The van der Waals surface area contributed by atoms with Crippen LogP contribution in [-0.4, -0.2) is 33.9 Å². The summed E-state index contributed by atoms with van der Waals surface area (Å²) in [4.78, 5) is 0.481. The van der Waals surface area contributed by atoms with Crippen LogP contribution in [0.1, 0.15) is 17.9 Å². The molecule has 5 heteroatoms. The number of sulfone groups is 1. The van der Waals surface area contributed by atoms with Gasteiger partial charge >= 0.3 is 0 Å². The van der Waals surface area contributed by atoms with Gasteiger partial charge in [0.25, 0.3) is 0 Å². The average Bonchev–Trinajstić information content (AvgIpc) is 2.94. The van der Waals surface area contributed by atoms with E-state index < -0.39 is 9.84 Å². The Bertz CT molecular complexity index is 561. The molecule has 0 aromatic heterocycles. The second-order valence-corrected chi connectivity index (χ2v) is 7.24. The summed E-state index contributed by atoms with van der Waals surface area (Å²) in [6, 6.07) is 7.29. The zero-order chi connectivity index (χ0) is 12.8. The van der Waals surface area contributed by atoms with Gasteiger partial charge < -0.3 is 10.5 Å². The fraction of sp³-hybridized carbons (Fsp3) is 0.538. The Balaban J connectivity index is 2.11. The molecule has 0 bridgehead atoms. The maximum absolute atomic E-state index is 12.2. The molecular weight excluding hydrogens is 250 g/mol. The maximum atomic E-state index is 12.2. The summed E-state index contributed by atoms with van der Waals surface area (Å²) < 4.78 is 29.9. The highest BCUT2D eigenvalue weighted by Gasteiger charge is 2.48. The summed E-state index contributed by atoms with van der Waals surface area (Å²) >= 11 is 0. The molecule has 0 aliphatic carbocycles. The topological polar surface area (TPSA) is 69.4 Å². The van der Waals surface area contributed by atoms with Crippen molar-refractivity contribution in [2.75, 3.05) is 25.5 Å². The van der Waals surface area contributed by atoms with Gasteiger partial charge in [-0.3, -0.25) is 0 Å². The van der Waals surface area contributed by atoms with E-state index in [0.717, 1.165) is 12.0 Å². The molecule has 3 rings (SSSR count). The van der Waals surface area contributed by atoms with Crippen molar-refractivity contribution in [3.63, 3.8) is 0 Å². The molecule has 2 aliphatic heterocycles. The lowest BCUT2D eigenvalue weighted by molar-refractivity contribution is 0.142. The molecule has 4 nitrogen and oxygen atoms in total. The highest BCUT2D eigenvalue weighted by molar-refractivity contribution is 7.91. The fourth-order valence-electron chi connectivity index (χ4n) is 3.16. The highest BCUT2D eigenvalue weighted by Crippen LogP contribution is 2.48. The van der Waals surface area contributed by atoms with E-state index in [1.165, 1.54) is 0 Å². The predicted molar refractivity (Wildman–Crippen MR) is 68.2 cm³/mol. The molecule has 2 N–H and O–H groups in total. The third-order valence-electron chi connectivity index (χ3n) is 4.30. The first-order chi connectivity index (χ1) is 8.59. The Morgan fingerprint density at radius 3 is 2.83 bits per heavy atom. The van der Waals surface area contributed by atoms with Gasteiger partial charge in [-0.1, -0.05) is 18.2 Å². The van der Waals surface area contributed by atoms with Crippen molar-refractivity contribution in [3.8, 4) is 0 Å². The molecule has 1 aromatic carbocycles. The lowest BCUT2D eigenvalue weighted by atomic mass is 9.72. The smallest absolute Gasteiger partial charge is 0.179 e. The highest BCUT2D eigenvalue weighted by atomic mass is 32.2. The van der Waals surface area contributed by atoms with Gasteiger partial charge in [0.2, 0.25) is 0 Å². The van der Waals surface area contributed by atoms with Crippen molar-refractivity contribution in [1.29, 1.82) is 0 Å². The molecule has 1 saturated heterocycles. The number of rotatable bonds is 2. The van der Waals surface area contributed by atoms with Crippen LogP contribution in [0.15, 0.2) is 29.2 Å². The second-order valence-electron chi connectivity index (χ2n) is 5.24. The van der Waals surface area contributed by atoms with E-state index in [9.17, 15) is 8.42 Å². The largest absolute Gasteiger partial charge is 0.381 e. The molecular formula is C13H17NO3S. The van der Waals surface area contributed by atoms with E-state index in [-0.39, 0.29) is 17.1 Å². The molecule has 0 spiro atoms. The number of nitrogens with two attached hydrogens (primary N) is 1. The molecule has 2 atom stereocenters. The van der Waals surface area contributed by atoms with E-state index in [1.807, 2.05) is 12.1 Å². The normalized spacial score (nSPS) is 33.5. The molecule has 1 aromatic rings. The van der Waals surface area contributed by atoms with Crippen molar-refractivity contribution >= 4 is 9.84 Å². The molecule has 2 aliphatic rings. The van der Waals surface area contributed by atoms with E-state index in [0.29, 0.717) is 24.7 Å². The summed E-state index contributed by atoms with van der Waals surface area (Å²) in [7, 11) is -3.15. The molecule has 2 unspecified atom stereocenters. The van der Waals surface area contributed by atoms with Crippen LogP contribution in [0, 0.1) is 5.41 Å². The fourth-order valence-corrected chi connectivity index (χ4v) is 5.17. The van der Waals surface area contributed by atoms with Gasteiger partial charge in [0.1, 0.15) is 0 Å². The van der Waals surface area contributed by atoms with Crippen LogP contribution in [-0.2, 0) is 14.6 Å². The van der Waals surface area contributed by atoms with Crippen molar-refractivity contribution in [3.05, 3.63) is 29.8 Å². The molecule has 2 heterocycles. The van der Waals surface area contributed by atoms with Gasteiger partial charge in [-0.2, -0.15) is 0 Å². The van der Waals surface area contributed by atoms with Crippen LogP contribution < -0.4 is 5.73 Å². The average molecular weight is 267 g/mol. The predicted octanol–water partition coefficient (Wildman–Crippen LogP) is 0.923. The van der Waals surface area contributed by atoms with Gasteiger partial charge in [0, 0.05) is 24.5 Å². The van der Waals surface area contributed by atoms with Crippen LogP contribution in [0.2, 0.25) is 0 Å². The molecule has 0 saturated carbocycles. The van der Waals surface area contributed by atoms with Gasteiger partial charge in [-0.05, 0) is 18.1 Å². The zero-order valence-electron chi connectivity index (χ0n) is 10.1. The first kappa shape index (κ1) is 12.1. The Kier molecular flexibility index (Phi) is 2.73. The number of benzene rings is 1. The van der Waals surface area contributed by atoms with Crippen LogP contribution >= 0.6 is 0 Å². The Morgan fingerprint density at radius 2 is 2.17 bits per heavy atom. The minimum atomic E-state index is -3.15. The summed E-state index contributed by atoms with van der Waals surface area (Å²) in [5.41, 5.74) is 6.64.